The standard InChI is InChI=1S/C26H29FN4O3S/c1-3-30(4-2)26-29-24(33)22(35-26)15-23(32)28-19-10-7-9-17(14-19)25(34)31(20-12-13-20)16-18-8-5-6-11-21(18)27/h5-11,14,20,22H,3-4,12-13,15-16H2,1-2H3,(H,28,32). The number of halogens is 1. The number of carbonyl (C=O) groups is 3. The van der Waals surface area contributed by atoms with E-state index in [1.54, 1.807) is 47.4 Å². The summed E-state index contributed by atoms with van der Waals surface area (Å²) >= 11 is 1.31. The maximum Gasteiger partial charge on any atom is 0.262 e. The minimum absolute atomic E-state index is 0.00255. The molecule has 184 valence electrons. The maximum absolute atomic E-state index is 14.2. The van der Waals surface area contributed by atoms with Crippen LogP contribution in [0.3, 0.4) is 0 Å². The third-order valence-corrected chi connectivity index (χ3v) is 7.29. The molecule has 1 N–H and O–H groups in total. The lowest BCUT2D eigenvalue weighted by molar-refractivity contribution is -0.121. The molecule has 35 heavy (non-hydrogen) atoms. The molecule has 1 aliphatic heterocycles. The van der Waals surface area contributed by atoms with Crippen LogP contribution in [0.2, 0.25) is 0 Å². The second-order valence-corrected chi connectivity index (χ2v) is 9.77. The SMILES string of the molecule is CCN(CC)C1=NC(=O)C(CC(=O)Nc2cccc(C(=O)N(Cc3ccccc3F)C3CC3)c2)S1. The number of carbonyl (C=O) groups excluding carboxylic acids is 3. The lowest BCUT2D eigenvalue weighted by atomic mass is 10.1. The van der Waals surface area contributed by atoms with E-state index in [4.69, 9.17) is 0 Å². The van der Waals surface area contributed by atoms with Crippen LogP contribution < -0.4 is 5.32 Å². The Morgan fingerprint density at radius 1 is 1.11 bits per heavy atom. The number of aliphatic imine (C=N–C) groups is 1. The van der Waals surface area contributed by atoms with Crippen molar-refractivity contribution in [3.05, 3.63) is 65.5 Å². The Bertz CT molecular complexity index is 1150. The van der Waals surface area contributed by atoms with Crippen LogP contribution in [0.5, 0.6) is 0 Å². The molecular formula is C26H29FN4O3S. The van der Waals surface area contributed by atoms with Crippen molar-refractivity contribution in [1.29, 1.82) is 0 Å². The highest BCUT2D eigenvalue weighted by Gasteiger charge is 2.34. The van der Waals surface area contributed by atoms with Gasteiger partial charge in [-0.1, -0.05) is 36.0 Å². The molecule has 1 unspecified atom stereocenters. The summed E-state index contributed by atoms with van der Waals surface area (Å²) in [4.78, 5) is 46.0. The van der Waals surface area contributed by atoms with Crippen LogP contribution in [0.15, 0.2) is 53.5 Å². The number of nitrogens with zero attached hydrogens (tertiary/aromatic N) is 3. The first-order chi connectivity index (χ1) is 16.9. The molecule has 0 aromatic heterocycles. The van der Waals surface area contributed by atoms with Gasteiger partial charge in [0.2, 0.25) is 5.91 Å². The average Bonchev–Trinajstić information content (AvgIpc) is 3.63. The van der Waals surface area contributed by atoms with Crippen molar-refractivity contribution in [2.24, 2.45) is 4.99 Å². The van der Waals surface area contributed by atoms with Gasteiger partial charge in [0.15, 0.2) is 5.17 Å². The van der Waals surface area contributed by atoms with Crippen LogP contribution in [-0.2, 0) is 16.1 Å². The molecular weight excluding hydrogens is 467 g/mol. The van der Waals surface area contributed by atoms with E-state index >= 15 is 0 Å². The van der Waals surface area contributed by atoms with Crippen molar-refractivity contribution in [1.82, 2.24) is 9.80 Å². The first kappa shape index (κ1) is 24.9. The Morgan fingerprint density at radius 2 is 1.86 bits per heavy atom. The quantitative estimate of drug-likeness (QED) is 0.560. The summed E-state index contributed by atoms with van der Waals surface area (Å²) in [5.41, 5.74) is 1.37. The van der Waals surface area contributed by atoms with Gasteiger partial charge in [0.05, 0.1) is 0 Å². The van der Waals surface area contributed by atoms with Crippen LogP contribution in [0.25, 0.3) is 0 Å². The van der Waals surface area contributed by atoms with Crippen molar-refractivity contribution in [3.63, 3.8) is 0 Å². The molecule has 0 spiro atoms. The van der Waals surface area contributed by atoms with Gasteiger partial charge >= 0.3 is 0 Å². The second-order valence-electron chi connectivity index (χ2n) is 8.60. The fraction of sp³-hybridized carbons (Fsp3) is 0.385. The van der Waals surface area contributed by atoms with Gasteiger partial charge in [-0.3, -0.25) is 14.4 Å². The predicted molar refractivity (Wildman–Crippen MR) is 136 cm³/mol. The van der Waals surface area contributed by atoms with Crippen molar-refractivity contribution in [2.45, 2.75) is 50.9 Å². The molecule has 0 bridgehead atoms. The van der Waals surface area contributed by atoms with Gasteiger partial charge in [-0.25, -0.2) is 4.39 Å². The topological polar surface area (TPSA) is 82.1 Å². The molecule has 1 aliphatic carbocycles. The first-order valence-electron chi connectivity index (χ1n) is 11.9. The van der Waals surface area contributed by atoms with Crippen LogP contribution in [0, 0.1) is 5.82 Å². The molecule has 2 aromatic rings. The van der Waals surface area contributed by atoms with E-state index in [0.717, 1.165) is 25.9 Å². The number of thioether (sulfide) groups is 1. The summed E-state index contributed by atoms with van der Waals surface area (Å²) in [5, 5.41) is 2.90. The molecule has 1 saturated carbocycles. The largest absolute Gasteiger partial charge is 0.352 e. The van der Waals surface area contributed by atoms with E-state index in [9.17, 15) is 18.8 Å². The maximum atomic E-state index is 14.2. The molecule has 0 saturated heterocycles. The zero-order chi connectivity index (χ0) is 24.9. The van der Waals surface area contributed by atoms with Gasteiger partial charge in [-0.05, 0) is 51.0 Å². The van der Waals surface area contributed by atoms with Gasteiger partial charge in [0.25, 0.3) is 11.8 Å². The Morgan fingerprint density at radius 3 is 2.54 bits per heavy atom. The smallest absolute Gasteiger partial charge is 0.262 e. The van der Waals surface area contributed by atoms with E-state index < -0.39 is 5.25 Å². The van der Waals surface area contributed by atoms with Crippen molar-refractivity contribution in [3.8, 4) is 0 Å². The Balaban J connectivity index is 1.39. The molecule has 3 amide bonds. The average molecular weight is 497 g/mol. The first-order valence-corrected chi connectivity index (χ1v) is 12.8. The number of amidine groups is 1. The van der Waals surface area contributed by atoms with Gasteiger partial charge in [0.1, 0.15) is 11.1 Å². The highest BCUT2D eigenvalue weighted by Crippen LogP contribution is 2.31. The summed E-state index contributed by atoms with van der Waals surface area (Å²) < 4.78 is 14.2. The lowest BCUT2D eigenvalue weighted by Gasteiger charge is -2.23. The molecule has 2 aromatic carbocycles. The van der Waals surface area contributed by atoms with E-state index in [1.165, 1.54) is 17.8 Å². The van der Waals surface area contributed by atoms with E-state index in [2.05, 4.69) is 10.3 Å². The summed E-state index contributed by atoms with van der Waals surface area (Å²) in [6.07, 6.45) is 1.78. The number of hydrogen-bond donors (Lipinski definition) is 1. The minimum Gasteiger partial charge on any atom is -0.352 e. The van der Waals surface area contributed by atoms with Crippen molar-refractivity contribution >= 4 is 40.3 Å². The number of benzene rings is 2. The zero-order valence-corrected chi connectivity index (χ0v) is 20.7. The fourth-order valence-corrected chi connectivity index (χ4v) is 5.17. The number of nitrogens with one attached hydrogen (secondary N) is 1. The van der Waals surface area contributed by atoms with Gasteiger partial charge in [-0.2, -0.15) is 4.99 Å². The van der Waals surface area contributed by atoms with E-state index in [-0.39, 0.29) is 42.5 Å². The zero-order valence-electron chi connectivity index (χ0n) is 19.9. The van der Waals surface area contributed by atoms with Gasteiger partial charge < -0.3 is 15.1 Å². The van der Waals surface area contributed by atoms with Gasteiger partial charge in [-0.15, -0.1) is 0 Å². The molecule has 1 atom stereocenters. The van der Waals surface area contributed by atoms with Crippen molar-refractivity contribution in [2.75, 3.05) is 18.4 Å². The Hall–Kier alpha value is -3.20. The third kappa shape index (κ3) is 6.08. The van der Waals surface area contributed by atoms with Crippen LogP contribution >= 0.6 is 11.8 Å². The van der Waals surface area contributed by atoms with E-state index in [1.807, 2.05) is 18.7 Å². The number of hydrogen-bond acceptors (Lipinski definition) is 5. The Kier molecular flexibility index (Phi) is 7.85. The van der Waals surface area contributed by atoms with Crippen LogP contribution in [0.4, 0.5) is 10.1 Å². The minimum atomic E-state index is -0.554. The summed E-state index contributed by atoms with van der Waals surface area (Å²) in [5.74, 6) is -1.16. The van der Waals surface area contributed by atoms with Gasteiger partial charge in [0, 0.05) is 48.9 Å². The molecule has 9 heteroatoms. The summed E-state index contributed by atoms with van der Waals surface area (Å²) in [7, 11) is 0. The Labute approximate surface area is 208 Å². The second kappa shape index (κ2) is 11.0. The molecule has 7 nitrogen and oxygen atoms in total. The third-order valence-electron chi connectivity index (χ3n) is 6.07. The molecule has 2 aliphatic rings. The number of anilines is 1. The molecule has 4 rings (SSSR count). The molecule has 0 radical (unpaired) electrons. The molecule has 1 fully saturated rings. The highest BCUT2D eigenvalue weighted by molar-refractivity contribution is 8.15. The van der Waals surface area contributed by atoms with Crippen LogP contribution in [-0.4, -0.2) is 57.1 Å². The van der Waals surface area contributed by atoms with Crippen molar-refractivity contribution < 1.29 is 18.8 Å². The lowest BCUT2D eigenvalue weighted by Crippen LogP contribution is -2.33. The summed E-state index contributed by atoms with van der Waals surface area (Å²) in [6, 6.07) is 13.3. The predicted octanol–water partition coefficient (Wildman–Crippen LogP) is 4.30. The highest BCUT2D eigenvalue weighted by atomic mass is 32.2. The number of amides is 3. The monoisotopic (exact) mass is 496 g/mol. The number of rotatable bonds is 9. The molecule has 1 heterocycles. The van der Waals surface area contributed by atoms with Crippen LogP contribution in [0.1, 0.15) is 49.0 Å². The fourth-order valence-electron chi connectivity index (χ4n) is 3.98. The summed E-state index contributed by atoms with van der Waals surface area (Å²) in [6.45, 7) is 5.66. The normalized spacial score (nSPS) is 17.2. The van der Waals surface area contributed by atoms with E-state index in [0.29, 0.717) is 22.0 Å².